The van der Waals surface area contributed by atoms with Crippen molar-refractivity contribution in [3.63, 3.8) is 0 Å². The molecule has 0 bridgehead atoms. The van der Waals surface area contributed by atoms with Crippen molar-refractivity contribution in [1.29, 1.82) is 0 Å². The first kappa shape index (κ1) is 61.3. The number of methoxy groups -OCH3 is 1. The maximum atomic E-state index is 13.2. The molecule has 2 N–H and O–H groups in total. The Morgan fingerprint density at radius 3 is 1.18 bits per heavy atom. The summed E-state index contributed by atoms with van der Waals surface area (Å²) >= 11 is 0. The minimum Gasteiger partial charge on any atom is -0.492 e. The molecule has 8 rings (SSSR count). The average molecular weight is 1200 g/mol. The third kappa shape index (κ3) is 18.1. The number of amides is 1. The van der Waals surface area contributed by atoms with Gasteiger partial charge in [-0.2, -0.15) is 0 Å². The number of anilines is 4. The van der Waals surface area contributed by atoms with Gasteiger partial charge in [0, 0.05) is 49.7 Å². The molecule has 8 aromatic rings. The lowest BCUT2D eigenvalue weighted by molar-refractivity contribution is 0.0285. The highest BCUT2D eigenvalue weighted by Gasteiger charge is 2.30. The fourth-order valence-corrected chi connectivity index (χ4v) is 11.4. The van der Waals surface area contributed by atoms with E-state index in [9.17, 15) is 30.0 Å². The minimum absolute atomic E-state index is 0.114. The summed E-state index contributed by atoms with van der Waals surface area (Å²) in [6.07, 6.45) is 2.33. The van der Waals surface area contributed by atoms with Gasteiger partial charge < -0.3 is 33.5 Å². The van der Waals surface area contributed by atoms with Crippen molar-refractivity contribution in [3.8, 4) is 34.5 Å². The number of rotatable bonds is 28. The van der Waals surface area contributed by atoms with Crippen LogP contribution >= 0.6 is 0 Å². The van der Waals surface area contributed by atoms with Crippen LogP contribution in [0.4, 0.5) is 27.5 Å². The molecule has 0 unspecified atom stereocenters. The Bertz CT molecular complexity index is 3840. The fourth-order valence-electron chi connectivity index (χ4n) is 9.26. The average Bonchev–Trinajstić information content (AvgIpc) is 2.68. The molecule has 0 heterocycles. The monoisotopic (exact) mass is 1200 g/mol. The number of nitrogens with one attached hydrogen (secondary N) is 2. The van der Waals surface area contributed by atoms with E-state index in [-0.39, 0.29) is 26.3 Å². The molecule has 440 valence electrons. The summed E-state index contributed by atoms with van der Waals surface area (Å²) in [7, 11) is -9.86. The van der Waals surface area contributed by atoms with Crippen molar-refractivity contribution in [1.82, 2.24) is 9.42 Å². The van der Waals surface area contributed by atoms with Gasteiger partial charge >= 0.3 is 6.09 Å². The van der Waals surface area contributed by atoms with Crippen LogP contribution in [0.15, 0.2) is 194 Å². The number of benzene rings is 8. The van der Waals surface area contributed by atoms with Crippen molar-refractivity contribution in [3.05, 3.63) is 228 Å². The van der Waals surface area contributed by atoms with E-state index < -0.39 is 36.2 Å². The predicted molar refractivity (Wildman–Crippen MR) is 330 cm³/mol. The van der Waals surface area contributed by atoms with Crippen molar-refractivity contribution in [2.45, 2.75) is 40.0 Å². The summed E-state index contributed by atoms with van der Waals surface area (Å²) in [5.74, 6) is 2.88. The molecule has 0 atom stereocenters. The minimum atomic E-state index is -4.04. The molecular weight excluding hydrogens is 1130 g/mol. The largest absolute Gasteiger partial charge is 0.492 e. The van der Waals surface area contributed by atoms with Gasteiger partial charge in [-0.05, 0) is 120 Å². The second-order valence-electron chi connectivity index (χ2n) is 19.9. The molecule has 0 aliphatic rings. The van der Waals surface area contributed by atoms with Gasteiger partial charge in [0.2, 0.25) is 30.1 Å². The summed E-state index contributed by atoms with van der Waals surface area (Å²) in [4.78, 5) is 17.5. The molecule has 1 amide bonds. The van der Waals surface area contributed by atoms with E-state index in [1.54, 1.807) is 60.7 Å². The Hall–Kier alpha value is -8.76. The first-order chi connectivity index (χ1) is 40.2. The van der Waals surface area contributed by atoms with Crippen LogP contribution in [0.3, 0.4) is 0 Å². The highest BCUT2D eigenvalue weighted by molar-refractivity contribution is 7.92. The number of hydrazine groups is 1. The van der Waals surface area contributed by atoms with E-state index in [1.165, 1.54) is 0 Å². The maximum Gasteiger partial charge on any atom is 0.425 e. The molecule has 0 spiro atoms. The maximum absolute atomic E-state index is 13.2. The second kappa shape index (κ2) is 28.0. The SMILES string of the molecule is COC(=O)N(CCOc1cccc(Oc2ccc(CN(Cc3ccccc3)c3cccc(NS(C)(=O)=O)c3C)cc2)c1)N(CCOc1cccc(Oc2ccc(CN(Cc3ccccc3)c3cccc(NS(C)(=O)=O)c3C)cc2)c1)S(C)(=O)=O. The summed E-state index contributed by atoms with van der Waals surface area (Å²) in [5, 5.41) is 0.949. The lowest BCUT2D eigenvalue weighted by atomic mass is 10.1. The van der Waals surface area contributed by atoms with Gasteiger partial charge in [-0.15, -0.1) is 4.41 Å². The Labute approximate surface area is 492 Å². The van der Waals surface area contributed by atoms with Crippen LogP contribution in [0, 0.1) is 13.8 Å². The van der Waals surface area contributed by atoms with E-state index >= 15 is 0 Å². The van der Waals surface area contributed by atoms with E-state index in [0.717, 1.165) is 80.1 Å². The summed E-state index contributed by atoms with van der Waals surface area (Å²) in [6.45, 7) is 5.27. The van der Waals surface area contributed by atoms with Gasteiger partial charge in [0.25, 0.3) is 0 Å². The summed E-state index contributed by atoms with van der Waals surface area (Å²) in [6, 6.07) is 60.3. The first-order valence-corrected chi connectivity index (χ1v) is 32.3. The number of sulfonamides is 3. The normalized spacial score (nSPS) is 11.6. The van der Waals surface area contributed by atoms with Crippen LogP contribution in [0.5, 0.6) is 34.5 Å². The zero-order valence-electron chi connectivity index (χ0n) is 47.5. The molecule has 0 aliphatic carbocycles. The Balaban J connectivity index is 0.855. The smallest absolute Gasteiger partial charge is 0.425 e. The quantitative estimate of drug-likeness (QED) is 0.0438. The molecule has 84 heavy (non-hydrogen) atoms. The van der Waals surface area contributed by atoms with Crippen LogP contribution in [0.1, 0.15) is 33.4 Å². The van der Waals surface area contributed by atoms with E-state index in [4.69, 9.17) is 23.7 Å². The molecule has 0 saturated heterocycles. The van der Waals surface area contributed by atoms with Gasteiger partial charge in [-0.25, -0.2) is 35.1 Å². The number of carbonyl (C=O) groups is 1. The second-order valence-corrected chi connectivity index (χ2v) is 25.3. The molecular formula is C63H68N6O12S3. The molecule has 0 saturated carbocycles. The topological polar surface area (TPSA) is 203 Å². The molecule has 0 radical (unpaired) electrons. The zero-order chi connectivity index (χ0) is 59.9. The lowest BCUT2D eigenvalue weighted by Gasteiger charge is -2.31. The molecule has 0 aromatic heterocycles. The number of nitrogens with zero attached hydrogens (tertiary/aromatic N) is 4. The highest BCUT2D eigenvalue weighted by atomic mass is 32.2. The van der Waals surface area contributed by atoms with Crippen molar-refractivity contribution >= 4 is 58.9 Å². The van der Waals surface area contributed by atoms with Crippen molar-refractivity contribution in [2.24, 2.45) is 0 Å². The number of hydrogen-bond acceptors (Lipinski definition) is 14. The lowest BCUT2D eigenvalue weighted by Crippen LogP contribution is -2.52. The zero-order valence-corrected chi connectivity index (χ0v) is 50.0. The van der Waals surface area contributed by atoms with E-state index in [1.807, 2.05) is 147 Å². The van der Waals surface area contributed by atoms with Gasteiger partial charge in [0.15, 0.2) is 0 Å². The number of carbonyl (C=O) groups excluding carboxylic acids is 1. The van der Waals surface area contributed by atoms with Crippen LogP contribution in [-0.4, -0.2) is 93.0 Å². The van der Waals surface area contributed by atoms with Crippen LogP contribution < -0.4 is 38.2 Å². The molecule has 0 fully saturated rings. The Morgan fingerprint density at radius 1 is 0.429 bits per heavy atom. The number of hydrogen-bond donors (Lipinski definition) is 2. The molecule has 18 nitrogen and oxygen atoms in total. The van der Waals surface area contributed by atoms with Gasteiger partial charge in [0.05, 0.1) is 50.3 Å². The molecule has 8 aromatic carbocycles. The Morgan fingerprint density at radius 2 is 0.798 bits per heavy atom. The van der Waals surface area contributed by atoms with Crippen LogP contribution in [0.25, 0.3) is 0 Å². The van der Waals surface area contributed by atoms with Crippen molar-refractivity contribution < 1.29 is 53.7 Å². The van der Waals surface area contributed by atoms with Crippen LogP contribution in [-0.2, 0) is 61.0 Å². The third-order valence-corrected chi connectivity index (χ3v) is 15.5. The summed E-state index contributed by atoms with van der Waals surface area (Å²) in [5.41, 5.74) is 8.54. The van der Waals surface area contributed by atoms with Crippen molar-refractivity contribution in [2.75, 3.05) is 71.4 Å². The van der Waals surface area contributed by atoms with E-state index in [0.29, 0.717) is 72.1 Å². The van der Waals surface area contributed by atoms with Gasteiger partial charge in [-0.3, -0.25) is 9.44 Å². The first-order valence-electron chi connectivity index (χ1n) is 26.7. The Kier molecular flexibility index (Phi) is 20.4. The van der Waals surface area contributed by atoms with Gasteiger partial charge in [0.1, 0.15) is 47.7 Å². The predicted octanol–water partition coefficient (Wildman–Crippen LogP) is 11.7. The third-order valence-electron chi connectivity index (χ3n) is 13.2. The summed E-state index contributed by atoms with van der Waals surface area (Å²) < 4.78 is 111. The molecule has 21 heteroatoms. The standard InChI is InChI=1S/C63H68N6O12S3/c1-47-59(64-82(4,71)72)25-15-27-61(47)66(43-49-17-9-7-10-18-49)45-51-29-33-53(34-30-51)80-57-23-13-21-55(41-57)78-39-37-68(63(70)77-3)69(84(6,75)76)38-40-79-56-22-14-24-58(42-56)81-54-35-31-52(32-36-54)46-67(44-50-19-11-8-12-20-50)62-28-16-26-60(48(62)2)65-83(5,73)74/h7-36,41-42,64-65H,37-40,43-46H2,1-6H3. The number of ether oxygens (including phenoxy) is 5. The fraction of sp³-hybridized carbons (Fsp3) is 0.222. The van der Waals surface area contributed by atoms with Crippen LogP contribution in [0.2, 0.25) is 0 Å². The highest BCUT2D eigenvalue weighted by Crippen LogP contribution is 2.34. The molecule has 0 aliphatic heterocycles. The van der Waals surface area contributed by atoms with Gasteiger partial charge in [-0.1, -0.05) is 109 Å². The van der Waals surface area contributed by atoms with E-state index in [2.05, 4.69) is 19.2 Å².